The summed E-state index contributed by atoms with van der Waals surface area (Å²) in [4.78, 5) is 20.4. The van der Waals surface area contributed by atoms with Crippen LogP contribution in [0, 0.1) is 5.92 Å². The van der Waals surface area contributed by atoms with E-state index in [0.29, 0.717) is 6.47 Å². The number of hydrogen-bond acceptors (Lipinski definition) is 4. The highest BCUT2D eigenvalue weighted by atomic mass is 16.5. The molecule has 0 amide bonds. The molecule has 1 rings (SSSR count). The average molecular weight is 230 g/mol. The van der Waals surface area contributed by atoms with Gasteiger partial charge in [-0.25, -0.2) is 0 Å². The summed E-state index contributed by atoms with van der Waals surface area (Å²) in [5.74, 6) is 0.197. The standard InChI is InChI=1S/C7H12O2.C5H10O2/c1-9-7(8)6-4-2-3-5-6;1-5(2,3)7-4-6/h6H,2-5H2,1H3;4H,1-3H3. The third-order valence-corrected chi connectivity index (χ3v) is 2.29. The predicted octanol–water partition coefficient (Wildman–Crippen LogP) is 2.31. The molecule has 0 N–H and O–H groups in total. The molecule has 0 atom stereocenters. The first-order valence-corrected chi connectivity index (χ1v) is 5.60. The number of methoxy groups -OCH3 is 1. The van der Waals surface area contributed by atoms with Crippen molar-refractivity contribution < 1.29 is 19.1 Å². The molecule has 0 aliphatic heterocycles. The third kappa shape index (κ3) is 7.26. The van der Waals surface area contributed by atoms with Gasteiger partial charge in [0.25, 0.3) is 6.47 Å². The zero-order valence-corrected chi connectivity index (χ0v) is 10.6. The molecule has 4 heteroatoms. The molecule has 0 radical (unpaired) electrons. The fraction of sp³-hybridized carbons (Fsp3) is 0.833. The molecule has 0 aromatic heterocycles. The summed E-state index contributed by atoms with van der Waals surface area (Å²) in [5.41, 5.74) is -0.318. The molecule has 1 aliphatic carbocycles. The van der Waals surface area contributed by atoms with Crippen LogP contribution in [0.5, 0.6) is 0 Å². The minimum Gasteiger partial charge on any atom is -0.469 e. The Labute approximate surface area is 97.3 Å². The van der Waals surface area contributed by atoms with Crippen LogP contribution in [0.1, 0.15) is 46.5 Å². The summed E-state index contributed by atoms with van der Waals surface area (Å²) in [6, 6.07) is 0. The Balaban J connectivity index is 0.000000293. The van der Waals surface area contributed by atoms with Crippen molar-refractivity contribution in [1.29, 1.82) is 0 Å². The van der Waals surface area contributed by atoms with E-state index in [9.17, 15) is 9.59 Å². The van der Waals surface area contributed by atoms with Crippen molar-refractivity contribution in [2.24, 2.45) is 5.92 Å². The molecule has 1 fully saturated rings. The van der Waals surface area contributed by atoms with Crippen molar-refractivity contribution in [2.75, 3.05) is 7.11 Å². The molecule has 4 nitrogen and oxygen atoms in total. The van der Waals surface area contributed by atoms with Crippen LogP contribution in [-0.4, -0.2) is 25.2 Å². The van der Waals surface area contributed by atoms with Crippen LogP contribution in [0.15, 0.2) is 0 Å². The lowest BCUT2D eigenvalue weighted by Crippen LogP contribution is -2.17. The molecule has 16 heavy (non-hydrogen) atoms. The van der Waals surface area contributed by atoms with Gasteiger partial charge in [0.05, 0.1) is 13.0 Å². The van der Waals surface area contributed by atoms with E-state index in [1.54, 1.807) is 0 Å². The van der Waals surface area contributed by atoms with E-state index in [1.165, 1.54) is 20.0 Å². The zero-order valence-electron chi connectivity index (χ0n) is 10.6. The Kier molecular flexibility index (Phi) is 6.77. The van der Waals surface area contributed by atoms with Crippen molar-refractivity contribution in [3.8, 4) is 0 Å². The number of ether oxygens (including phenoxy) is 2. The second-order valence-corrected chi connectivity index (χ2v) is 4.83. The van der Waals surface area contributed by atoms with Gasteiger partial charge in [0.15, 0.2) is 0 Å². The Hall–Kier alpha value is -1.06. The molecule has 94 valence electrons. The summed E-state index contributed by atoms with van der Waals surface area (Å²) < 4.78 is 9.14. The number of esters is 1. The normalized spacial score (nSPS) is 16.0. The van der Waals surface area contributed by atoms with Gasteiger partial charge in [-0.1, -0.05) is 12.8 Å². The number of carbonyl (C=O) groups is 2. The maximum Gasteiger partial charge on any atom is 0.308 e. The van der Waals surface area contributed by atoms with E-state index < -0.39 is 0 Å². The van der Waals surface area contributed by atoms with Gasteiger partial charge < -0.3 is 9.47 Å². The lowest BCUT2D eigenvalue weighted by molar-refractivity contribution is -0.145. The van der Waals surface area contributed by atoms with E-state index in [1.807, 2.05) is 20.8 Å². The minimum absolute atomic E-state index is 0.0208. The van der Waals surface area contributed by atoms with Gasteiger partial charge >= 0.3 is 5.97 Å². The maximum absolute atomic E-state index is 10.8. The Morgan fingerprint density at radius 2 is 1.75 bits per heavy atom. The summed E-state index contributed by atoms with van der Waals surface area (Å²) in [6.45, 7) is 5.92. The van der Waals surface area contributed by atoms with Gasteiger partial charge in [-0.2, -0.15) is 0 Å². The van der Waals surface area contributed by atoms with Crippen LogP contribution in [0.4, 0.5) is 0 Å². The third-order valence-electron chi connectivity index (χ3n) is 2.29. The van der Waals surface area contributed by atoms with Gasteiger partial charge in [0.2, 0.25) is 0 Å². The van der Waals surface area contributed by atoms with Crippen molar-refractivity contribution in [1.82, 2.24) is 0 Å². The van der Waals surface area contributed by atoms with Crippen molar-refractivity contribution >= 4 is 12.4 Å². The molecule has 1 aliphatic rings. The van der Waals surface area contributed by atoms with Gasteiger partial charge in [-0.15, -0.1) is 0 Å². The second kappa shape index (κ2) is 7.25. The lowest BCUT2D eigenvalue weighted by atomic mass is 10.1. The first-order valence-electron chi connectivity index (χ1n) is 5.60. The van der Waals surface area contributed by atoms with Crippen molar-refractivity contribution in [2.45, 2.75) is 52.1 Å². The largest absolute Gasteiger partial charge is 0.469 e. The van der Waals surface area contributed by atoms with Gasteiger partial charge in [-0.05, 0) is 33.6 Å². The SMILES string of the molecule is CC(C)(C)OC=O.COC(=O)C1CCCC1. The van der Waals surface area contributed by atoms with Crippen molar-refractivity contribution in [3.05, 3.63) is 0 Å². The van der Waals surface area contributed by atoms with E-state index in [2.05, 4.69) is 9.47 Å². The summed E-state index contributed by atoms with van der Waals surface area (Å²) in [5, 5.41) is 0. The second-order valence-electron chi connectivity index (χ2n) is 4.83. The van der Waals surface area contributed by atoms with E-state index in [0.717, 1.165) is 12.8 Å². The smallest absolute Gasteiger partial charge is 0.308 e. The summed E-state index contributed by atoms with van der Waals surface area (Å²) in [6.07, 6.45) is 4.46. The quantitative estimate of drug-likeness (QED) is 0.539. The first kappa shape index (κ1) is 14.9. The predicted molar refractivity (Wildman–Crippen MR) is 60.9 cm³/mol. The fourth-order valence-electron chi connectivity index (χ4n) is 1.47. The van der Waals surface area contributed by atoms with Crippen LogP contribution in [-0.2, 0) is 19.1 Å². The van der Waals surface area contributed by atoms with Crippen molar-refractivity contribution in [3.63, 3.8) is 0 Å². The molecule has 0 unspecified atom stereocenters. The first-order chi connectivity index (χ1) is 7.40. The number of hydrogen-bond donors (Lipinski definition) is 0. The molecule has 0 saturated heterocycles. The summed E-state index contributed by atoms with van der Waals surface area (Å²) >= 11 is 0. The van der Waals surface area contributed by atoms with E-state index in [-0.39, 0.29) is 17.5 Å². The van der Waals surface area contributed by atoms with Crippen LogP contribution < -0.4 is 0 Å². The lowest BCUT2D eigenvalue weighted by Gasteiger charge is -2.14. The Morgan fingerprint density at radius 1 is 1.25 bits per heavy atom. The van der Waals surface area contributed by atoms with Gasteiger partial charge in [-0.3, -0.25) is 9.59 Å². The molecule has 0 aromatic carbocycles. The van der Waals surface area contributed by atoms with Crippen LogP contribution in [0.25, 0.3) is 0 Å². The zero-order chi connectivity index (χ0) is 12.6. The van der Waals surface area contributed by atoms with E-state index in [4.69, 9.17) is 0 Å². The van der Waals surface area contributed by atoms with Crippen LogP contribution >= 0.6 is 0 Å². The molecule has 0 heterocycles. The molecule has 1 saturated carbocycles. The van der Waals surface area contributed by atoms with Crippen LogP contribution in [0.3, 0.4) is 0 Å². The van der Waals surface area contributed by atoms with Gasteiger partial charge in [0.1, 0.15) is 5.60 Å². The Bertz CT molecular complexity index is 212. The molecular formula is C12H22O4. The highest BCUT2D eigenvalue weighted by Crippen LogP contribution is 2.25. The fourth-order valence-corrected chi connectivity index (χ4v) is 1.47. The summed E-state index contributed by atoms with van der Waals surface area (Å²) in [7, 11) is 1.46. The highest BCUT2D eigenvalue weighted by Gasteiger charge is 2.22. The van der Waals surface area contributed by atoms with E-state index >= 15 is 0 Å². The number of rotatable bonds is 2. The molecule has 0 bridgehead atoms. The maximum atomic E-state index is 10.8. The van der Waals surface area contributed by atoms with Gasteiger partial charge in [0, 0.05) is 0 Å². The topological polar surface area (TPSA) is 52.6 Å². The monoisotopic (exact) mass is 230 g/mol. The Morgan fingerprint density at radius 3 is 2.00 bits per heavy atom. The highest BCUT2D eigenvalue weighted by molar-refractivity contribution is 5.72. The minimum atomic E-state index is -0.318. The molecular weight excluding hydrogens is 208 g/mol. The number of carbonyl (C=O) groups excluding carboxylic acids is 2. The van der Waals surface area contributed by atoms with Crippen LogP contribution in [0.2, 0.25) is 0 Å². The average Bonchev–Trinajstić information content (AvgIpc) is 2.68. The molecule has 0 spiro atoms. The molecule has 0 aromatic rings.